The maximum absolute atomic E-state index is 13.4. The molecule has 0 amide bonds. The third-order valence-corrected chi connectivity index (χ3v) is 4.39. The maximum atomic E-state index is 13.4. The summed E-state index contributed by atoms with van der Waals surface area (Å²) in [4.78, 5) is 8.72. The molecule has 0 radical (unpaired) electrons. The smallest absolute Gasteiger partial charge is 0.137 e. The van der Waals surface area contributed by atoms with E-state index in [4.69, 9.17) is 4.74 Å². The van der Waals surface area contributed by atoms with Crippen molar-refractivity contribution in [3.8, 4) is 16.9 Å². The van der Waals surface area contributed by atoms with Crippen LogP contribution in [0.4, 0.5) is 10.2 Å². The van der Waals surface area contributed by atoms with Crippen molar-refractivity contribution in [2.45, 2.75) is 6.54 Å². The highest BCUT2D eigenvalue weighted by Gasteiger charge is 2.07. The van der Waals surface area contributed by atoms with Gasteiger partial charge in [0.1, 0.15) is 23.7 Å². The van der Waals surface area contributed by atoms with Crippen LogP contribution in [0.15, 0.2) is 73.1 Å². The summed E-state index contributed by atoms with van der Waals surface area (Å²) in [6.45, 7) is 0.479. The lowest BCUT2D eigenvalue weighted by molar-refractivity contribution is 0.415. The second kappa shape index (κ2) is 7.41. The molecule has 0 aliphatic heterocycles. The van der Waals surface area contributed by atoms with E-state index >= 15 is 0 Å². The van der Waals surface area contributed by atoms with Crippen molar-refractivity contribution >= 4 is 16.7 Å². The molecular weight excluding hydrogens is 341 g/mol. The Bertz CT molecular complexity index is 1100. The average molecular weight is 359 g/mol. The van der Waals surface area contributed by atoms with E-state index in [1.165, 1.54) is 18.5 Å². The third kappa shape index (κ3) is 3.72. The maximum Gasteiger partial charge on any atom is 0.137 e. The molecule has 4 nitrogen and oxygen atoms in total. The van der Waals surface area contributed by atoms with Crippen LogP contribution >= 0.6 is 0 Å². The van der Waals surface area contributed by atoms with E-state index in [2.05, 4.69) is 21.4 Å². The predicted molar refractivity (Wildman–Crippen MR) is 105 cm³/mol. The number of anilines is 1. The molecule has 134 valence electrons. The van der Waals surface area contributed by atoms with Gasteiger partial charge in [0.15, 0.2) is 0 Å². The van der Waals surface area contributed by atoms with Crippen LogP contribution in [0.3, 0.4) is 0 Å². The summed E-state index contributed by atoms with van der Waals surface area (Å²) >= 11 is 0. The topological polar surface area (TPSA) is 47.0 Å². The molecule has 0 aliphatic carbocycles. The Labute approximate surface area is 156 Å². The van der Waals surface area contributed by atoms with E-state index in [1.807, 2.05) is 42.5 Å². The first-order valence-corrected chi connectivity index (χ1v) is 8.60. The fourth-order valence-corrected chi connectivity index (χ4v) is 3.01. The SMILES string of the molecule is COc1cccc(-c2ccc3ncnc(NCc4cccc(F)c4)c3c2)c1. The van der Waals surface area contributed by atoms with Gasteiger partial charge in [-0.05, 0) is 53.1 Å². The molecular formula is C22H18FN3O. The van der Waals surface area contributed by atoms with Gasteiger partial charge in [-0.1, -0.05) is 30.3 Å². The lowest BCUT2D eigenvalue weighted by Crippen LogP contribution is -2.03. The van der Waals surface area contributed by atoms with Crippen LogP contribution in [0.5, 0.6) is 5.75 Å². The van der Waals surface area contributed by atoms with Crippen LogP contribution in [-0.4, -0.2) is 17.1 Å². The van der Waals surface area contributed by atoms with Gasteiger partial charge in [-0.2, -0.15) is 0 Å². The monoisotopic (exact) mass is 359 g/mol. The van der Waals surface area contributed by atoms with E-state index in [9.17, 15) is 4.39 Å². The number of methoxy groups -OCH3 is 1. The fourth-order valence-electron chi connectivity index (χ4n) is 3.01. The number of nitrogens with one attached hydrogen (secondary N) is 1. The zero-order valence-corrected chi connectivity index (χ0v) is 14.8. The normalized spacial score (nSPS) is 10.7. The molecule has 0 aliphatic rings. The number of fused-ring (bicyclic) bond motifs is 1. The Morgan fingerprint density at radius 2 is 1.78 bits per heavy atom. The largest absolute Gasteiger partial charge is 0.497 e. The molecule has 27 heavy (non-hydrogen) atoms. The molecule has 0 atom stereocenters. The first kappa shape index (κ1) is 17.0. The number of hydrogen-bond acceptors (Lipinski definition) is 4. The molecule has 0 saturated heterocycles. The van der Waals surface area contributed by atoms with Gasteiger partial charge in [0, 0.05) is 11.9 Å². The lowest BCUT2D eigenvalue weighted by atomic mass is 10.0. The molecule has 4 rings (SSSR count). The Kier molecular flexibility index (Phi) is 4.66. The average Bonchev–Trinajstić information content (AvgIpc) is 2.72. The number of halogens is 1. The van der Waals surface area contributed by atoms with Crippen molar-refractivity contribution in [2.75, 3.05) is 12.4 Å². The standard InChI is InChI=1S/C22H18FN3O/c1-27-19-7-3-5-16(11-19)17-8-9-21-20(12-17)22(26-14-25-21)24-13-15-4-2-6-18(23)10-15/h2-12,14H,13H2,1H3,(H,24,25,26). The van der Waals surface area contributed by atoms with Gasteiger partial charge in [0.25, 0.3) is 0 Å². The molecule has 1 aromatic heterocycles. The minimum atomic E-state index is -0.248. The van der Waals surface area contributed by atoms with Crippen molar-refractivity contribution in [3.63, 3.8) is 0 Å². The van der Waals surface area contributed by atoms with Gasteiger partial charge in [-0.25, -0.2) is 14.4 Å². The van der Waals surface area contributed by atoms with Gasteiger partial charge >= 0.3 is 0 Å². The van der Waals surface area contributed by atoms with E-state index < -0.39 is 0 Å². The Hall–Kier alpha value is -3.47. The summed E-state index contributed by atoms with van der Waals surface area (Å²) < 4.78 is 18.7. The van der Waals surface area contributed by atoms with Crippen LogP contribution in [0, 0.1) is 5.82 Å². The van der Waals surface area contributed by atoms with Crippen LogP contribution in [0.1, 0.15) is 5.56 Å². The molecule has 0 saturated carbocycles. The van der Waals surface area contributed by atoms with Gasteiger partial charge in [-0.3, -0.25) is 0 Å². The summed E-state index contributed by atoms with van der Waals surface area (Å²) in [5.41, 5.74) is 3.80. The number of nitrogens with zero attached hydrogens (tertiary/aromatic N) is 2. The van der Waals surface area contributed by atoms with Crippen molar-refractivity contribution in [3.05, 3.63) is 84.4 Å². The zero-order chi connectivity index (χ0) is 18.6. The Morgan fingerprint density at radius 1 is 0.926 bits per heavy atom. The number of rotatable bonds is 5. The Balaban J connectivity index is 1.68. The quantitative estimate of drug-likeness (QED) is 0.541. The molecule has 1 heterocycles. The second-order valence-corrected chi connectivity index (χ2v) is 6.17. The zero-order valence-electron chi connectivity index (χ0n) is 14.8. The number of aromatic nitrogens is 2. The van der Waals surface area contributed by atoms with Gasteiger partial charge in [0.2, 0.25) is 0 Å². The first-order valence-electron chi connectivity index (χ1n) is 8.60. The van der Waals surface area contributed by atoms with Crippen molar-refractivity contribution in [2.24, 2.45) is 0 Å². The predicted octanol–water partition coefficient (Wildman–Crippen LogP) is 5.06. The molecule has 3 aromatic carbocycles. The summed E-state index contributed by atoms with van der Waals surface area (Å²) in [5.74, 6) is 1.28. The van der Waals surface area contributed by atoms with Crippen molar-refractivity contribution in [1.29, 1.82) is 0 Å². The molecule has 5 heteroatoms. The van der Waals surface area contributed by atoms with Crippen molar-refractivity contribution < 1.29 is 9.13 Å². The summed E-state index contributed by atoms with van der Waals surface area (Å²) in [7, 11) is 1.65. The number of benzene rings is 3. The molecule has 1 N–H and O–H groups in total. The highest BCUT2D eigenvalue weighted by Crippen LogP contribution is 2.29. The molecule has 0 bridgehead atoms. The van der Waals surface area contributed by atoms with Gasteiger partial charge in [-0.15, -0.1) is 0 Å². The molecule has 4 aromatic rings. The van der Waals surface area contributed by atoms with Crippen LogP contribution in [0.25, 0.3) is 22.0 Å². The molecule has 0 fully saturated rings. The minimum absolute atomic E-state index is 0.248. The highest BCUT2D eigenvalue weighted by molar-refractivity contribution is 5.92. The van der Waals surface area contributed by atoms with E-state index in [1.54, 1.807) is 13.2 Å². The lowest BCUT2D eigenvalue weighted by Gasteiger charge is -2.10. The number of ether oxygens (including phenoxy) is 1. The number of hydrogen-bond donors (Lipinski definition) is 1. The fraction of sp³-hybridized carbons (Fsp3) is 0.0909. The minimum Gasteiger partial charge on any atom is -0.497 e. The van der Waals surface area contributed by atoms with Crippen LogP contribution < -0.4 is 10.1 Å². The molecule has 0 unspecified atom stereocenters. The van der Waals surface area contributed by atoms with E-state index in [-0.39, 0.29) is 5.82 Å². The summed E-state index contributed by atoms with van der Waals surface area (Å²) in [5, 5.41) is 4.20. The summed E-state index contributed by atoms with van der Waals surface area (Å²) in [6.07, 6.45) is 1.53. The summed E-state index contributed by atoms with van der Waals surface area (Å²) in [6, 6.07) is 20.5. The highest BCUT2D eigenvalue weighted by atomic mass is 19.1. The van der Waals surface area contributed by atoms with Gasteiger partial charge < -0.3 is 10.1 Å². The Morgan fingerprint density at radius 3 is 2.63 bits per heavy atom. The van der Waals surface area contributed by atoms with E-state index in [0.29, 0.717) is 12.4 Å². The van der Waals surface area contributed by atoms with Crippen LogP contribution in [-0.2, 0) is 6.54 Å². The van der Waals surface area contributed by atoms with E-state index in [0.717, 1.165) is 33.3 Å². The van der Waals surface area contributed by atoms with Crippen LogP contribution in [0.2, 0.25) is 0 Å². The van der Waals surface area contributed by atoms with Gasteiger partial charge in [0.05, 0.1) is 12.6 Å². The van der Waals surface area contributed by atoms with Crippen molar-refractivity contribution in [1.82, 2.24) is 9.97 Å². The first-order chi connectivity index (χ1) is 13.2. The molecule has 0 spiro atoms. The third-order valence-electron chi connectivity index (χ3n) is 4.39. The second-order valence-electron chi connectivity index (χ2n) is 6.17.